The van der Waals surface area contributed by atoms with Crippen molar-refractivity contribution in [2.45, 2.75) is 33.1 Å². The van der Waals surface area contributed by atoms with E-state index in [0.29, 0.717) is 12.5 Å². The summed E-state index contributed by atoms with van der Waals surface area (Å²) >= 11 is 0. The first-order chi connectivity index (χ1) is 6.06. The summed E-state index contributed by atoms with van der Waals surface area (Å²) in [6.07, 6.45) is 2.67. The standard InChI is InChI=1S/C10H21NO2/c1-4-5-9(2)8-11(3)7-6-10(12)13/h9H,4-8H2,1-3H3,(H,12,13). The molecule has 0 aromatic rings. The van der Waals surface area contributed by atoms with Crippen molar-refractivity contribution >= 4 is 5.97 Å². The van der Waals surface area contributed by atoms with E-state index in [1.54, 1.807) is 0 Å². The van der Waals surface area contributed by atoms with E-state index in [2.05, 4.69) is 18.7 Å². The van der Waals surface area contributed by atoms with Gasteiger partial charge in [-0.3, -0.25) is 4.79 Å². The van der Waals surface area contributed by atoms with Gasteiger partial charge < -0.3 is 10.0 Å². The lowest BCUT2D eigenvalue weighted by atomic mass is 10.1. The summed E-state index contributed by atoms with van der Waals surface area (Å²) in [5, 5.41) is 8.47. The molecule has 3 heteroatoms. The van der Waals surface area contributed by atoms with Gasteiger partial charge >= 0.3 is 5.97 Å². The first-order valence-electron chi connectivity index (χ1n) is 4.96. The van der Waals surface area contributed by atoms with Crippen LogP contribution < -0.4 is 0 Å². The van der Waals surface area contributed by atoms with Crippen molar-refractivity contribution in [1.29, 1.82) is 0 Å². The Balaban J connectivity index is 3.48. The van der Waals surface area contributed by atoms with Gasteiger partial charge in [-0.15, -0.1) is 0 Å². The molecule has 0 aliphatic rings. The van der Waals surface area contributed by atoms with Crippen molar-refractivity contribution < 1.29 is 9.90 Å². The first kappa shape index (κ1) is 12.4. The van der Waals surface area contributed by atoms with Gasteiger partial charge in [0.2, 0.25) is 0 Å². The minimum Gasteiger partial charge on any atom is -0.481 e. The van der Waals surface area contributed by atoms with E-state index >= 15 is 0 Å². The highest BCUT2D eigenvalue weighted by molar-refractivity contribution is 5.66. The Labute approximate surface area is 80.7 Å². The highest BCUT2D eigenvalue weighted by Crippen LogP contribution is 2.06. The number of carboxylic acids is 1. The number of carboxylic acid groups (broad SMARTS) is 1. The summed E-state index contributed by atoms with van der Waals surface area (Å²) in [5.74, 6) is -0.0428. The summed E-state index contributed by atoms with van der Waals surface area (Å²) in [5.41, 5.74) is 0. The van der Waals surface area contributed by atoms with Gasteiger partial charge in [-0.1, -0.05) is 20.3 Å². The molecule has 1 unspecified atom stereocenters. The quantitative estimate of drug-likeness (QED) is 0.661. The fourth-order valence-electron chi connectivity index (χ4n) is 1.49. The molecule has 13 heavy (non-hydrogen) atoms. The fraction of sp³-hybridized carbons (Fsp3) is 0.900. The molecule has 3 nitrogen and oxygen atoms in total. The van der Waals surface area contributed by atoms with Crippen LogP contribution in [-0.4, -0.2) is 36.1 Å². The molecule has 0 aliphatic heterocycles. The van der Waals surface area contributed by atoms with E-state index in [4.69, 9.17) is 5.11 Å². The van der Waals surface area contributed by atoms with Gasteiger partial charge in [0.15, 0.2) is 0 Å². The summed E-state index contributed by atoms with van der Waals surface area (Å²) in [7, 11) is 1.98. The first-order valence-corrected chi connectivity index (χ1v) is 4.96. The molecule has 1 atom stereocenters. The van der Waals surface area contributed by atoms with E-state index in [0.717, 1.165) is 6.54 Å². The normalized spacial score (nSPS) is 13.2. The Hall–Kier alpha value is -0.570. The number of hydrogen-bond acceptors (Lipinski definition) is 2. The summed E-state index contributed by atoms with van der Waals surface area (Å²) in [6.45, 7) is 6.04. The molecule has 0 heterocycles. The van der Waals surface area contributed by atoms with Gasteiger partial charge in [0.25, 0.3) is 0 Å². The maximum atomic E-state index is 10.3. The van der Waals surface area contributed by atoms with Gasteiger partial charge in [-0.2, -0.15) is 0 Å². The molecule has 0 radical (unpaired) electrons. The number of rotatable bonds is 7. The molecule has 0 saturated heterocycles. The molecule has 0 bridgehead atoms. The number of aliphatic carboxylic acids is 1. The molecular weight excluding hydrogens is 166 g/mol. The molecule has 0 spiro atoms. The van der Waals surface area contributed by atoms with Gasteiger partial charge in [0.1, 0.15) is 0 Å². The molecule has 0 aromatic carbocycles. The lowest BCUT2D eigenvalue weighted by molar-refractivity contribution is -0.137. The van der Waals surface area contributed by atoms with Gasteiger partial charge in [0, 0.05) is 13.1 Å². The molecule has 1 N–H and O–H groups in total. The average Bonchev–Trinajstić information content (AvgIpc) is 2.01. The lowest BCUT2D eigenvalue weighted by Crippen LogP contribution is -2.26. The molecule has 0 amide bonds. The van der Waals surface area contributed by atoms with Crippen LogP contribution in [-0.2, 0) is 4.79 Å². The Bertz CT molecular complexity index is 148. The number of hydrogen-bond donors (Lipinski definition) is 1. The Morgan fingerprint density at radius 1 is 1.54 bits per heavy atom. The second-order valence-corrected chi connectivity index (χ2v) is 3.80. The highest BCUT2D eigenvalue weighted by Gasteiger charge is 2.06. The van der Waals surface area contributed by atoms with Crippen molar-refractivity contribution in [3.63, 3.8) is 0 Å². The topological polar surface area (TPSA) is 40.5 Å². The van der Waals surface area contributed by atoms with Crippen LogP contribution in [0.3, 0.4) is 0 Å². The minimum atomic E-state index is -0.713. The third-order valence-corrected chi connectivity index (χ3v) is 2.11. The largest absolute Gasteiger partial charge is 0.481 e. The van der Waals surface area contributed by atoms with Crippen molar-refractivity contribution in [2.75, 3.05) is 20.1 Å². The summed E-state index contributed by atoms with van der Waals surface area (Å²) in [6, 6.07) is 0. The molecular formula is C10H21NO2. The van der Waals surface area contributed by atoms with Crippen molar-refractivity contribution in [2.24, 2.45) is 5.92 Å². The average molecular weight is 187 g/mol. The zero-order valence-corrected chi connectivity index (χ0v) is 8.92. The molecule has 0 fully saturated rings. The summed E-state index contributed by atoms with van der Waals surface area (Å²) < 4.78 is 0. The lowest BCUT2D eigenvalue weighted by Gasteiger charge is -2.19. The van der Waals surface area contributed by atoms with Crippen molar-refractivity contribution in [3.8, 4) is 0 Å². The predicted molar refractivity (Wildman–Crippen MR) is 53.8 cm³/mol. The van der Waals surface area contributed by atoms with Crippen molar-refractivity contribution in [1.82, 2.24) is 4.90 Å². The third kappa shape index (κ3) is 7.78. The Kier molecular flexibility index (Phi) is 6.59. The molecule has 78 valence electrons. The molecule has 0 aromatic heterocycles. The molecule has 0 aliphatic carbocycles. The van der Waals surface area contributed by atoms with E-state index in [9.17, 15) is 4.79 Å². The van der Waals surface area contributed by atoms with E-state index in [1.807, 2.05) is 7.05 Å². The van der Waals surface area contributed by atoms with Crippen LogP contribution >= 0.6 is 0 Å². The van der Waals surface area contributed by atoms with Crippen LogP contribution in [0.25, 0.3) is 0 Å². The van der Waals surface area contributed by atoms with E-state index in [1.165, 1.54) is 12.8 Å². The number of carbonyl (C=O) groups is 1. The zero-order chi connectivity index (χ0) is 10.3. The van der Waals surface area contributed by atoms with E-state index < -0.39 is 5.97 Å². The SMILES string of the molecule is CCCC(C)CN(C)CCC(=O)O. The fourth-order valence-corrected chi connectivity index (χ4v) is 1.49. The monoisotopic (exact) mass is 187 g/mol. The van der Waals surface area contributed by atoms with Crippen LogP contribution in [0.2, 0.25) is 0 Å². The smallest absolute Gasteiger partial charge is 0.304 e. The molecule has 0 saturated carbocycles. The maximum Gasteiger partial charge on any atom is 0.304 e. The van der Waals surface area contributed by atoms with Crippen LogP contribution in [0.4, 0.5) is 0 Å². The minimum absolute atomic E-state index is 0.245. The highest BCUT2D eigenvalue weighted by atomic mass is 16.4. The van der Waals surface area contributed by atoms with Gasteiger partial charge in [-0.05, 0) is 19.4 Å². The predicted octanol–water partition coefficient (Wildman–Crippen LogP) is 1.83. The van der Waals surface area contributed by atoms with Crippen LogP contribution in [0.1, 0.15) is 33.1 Å². The van der Waals surface area contributed by atoms with Crippen LogP contribution in [0.5, 0.6) is 0 Å². The van der Waals surface area contributed by atoms with E-state index in [-0.39, 0.29) is 6.42 Å². The summed E-state index contributed by atoms with van der Waals surface area (Å²) in [4.78, 5) is 12.4. The number of nitrogens with zero attached hydrogens (tertiary/aromatic N) is 1. The third-order valence-electron chi connectivity index (χ3n) is 2.11. The second kappa shape index (κ2) is 6.89. The van der Waals surface area contributed by atoms with Crippen LogP contribution in [0.15, 0.2) is 0 Å². The van der Waals surface area contributed by atoms with Crippen molar-refractivity contribution in [3.05, 3.63) is 0 Å². The zero-order valence-electron chi connectivity index (χ0n) is 8.92. The maximum absolute atomic E-state index is 10.3. The Morgan fingerprint density at radius 2 is 2.15 bits per heavy atom. The Morgan fingerprint density at radius 3 is 2.62 bits per heavy atom. The van der Waals surface area contributed by atoms with Crippen LogP contribution in [0, 0.1) is 5.92 Å². The molecule has 0 rings (SSSR count). The second-order valence-electron chi connectivity index (χ2n) is 3.80. The van der Waals surface area contributed by atoms with Gasteiger partial charge in [0.05, 0.1) is 6.42 Å². The van der Waals surface area contributed by atoms with Gasteiger partial charge in [-0.25, -0.2) is 0 Å².